The van der Waals surface area contributed by atoms with Crippen molar-refractivity contribution in [1.29, 1.82) is 0 Å². The van der Waals surface area contributed by atoms with E-state index in [0.717, 1.165) is 26.2 Å². The smallest absolute Gasteiger partial charge is 0.329 e. The van der Waals surface area contributed by atoms with Crippen LogP contribution in [0.1, 0.15) is 25.7 Å². The van der Waals surface area contributed by atoms with Crippen molar-refractivity contribution in [2.75, 3.05) is 39.8 Å². The number of likely N-dealkylation sites (N-methyl/N-ethyl adjacent to an activating group) is 1. The summed E-state index contributed by atoms with van der Waals surface area (Å²) in [5.74, 6) is -1.13. The zero-order valence-electron chi connectivity index (χ0n) is 11.5. The molecule has 0 amide bonds. The molecular weight excluding hydrogens is 255 g/mol. The van der Waals surface area contributed by atoms with Crippen LogP contribution in [0.5, 0.6) is 0 Å². The van der Waals surface area contributed by atoms with Crippen LogP contribution in [0.15, 0.2) is 0 Å². The maximum atomic E-state index is 12.7. The van der Waals surface area contributed by atoms with Crippen LogP contribution in [0, 0.1) is 5.92 Å². The van der Waals surface area contributed by atoms with Crippen LogP contribution in [-0.2, 0) is 0 Å². The van der Waals surface area contributed by atoms with Crippen molar-refractivity contribution in [3.8, 4) is 0 Å². The molecule has 0 atom stereocenters. The van der Waals surface area contributed by atoms with Gasteiger partial charge in [-0.05, 0) is 32.7 Å². The third-order valence-electron chi connectivity index (χ3n) is 4.93. The van der Waals surface area contributed by atoms with E-state index in [1.807, 2.05) is 0 Å². The van der Waals surface area contributed by atoms with Gasteiger partial charge in [0.25, 0.3) is 0 Å². The van der Waals surface area contributed by atoms with Crippen LogP contribution in [-0.4, -0.2) is 61.3 Å². The van der Waals surface area contributed by atoms with Gasteiger partial charge >= 0.3 is 6.18 Å². The molecule has 3 nitrogen and oxygen atoms in total. The molecule has 0 spiro atoms. The Balaban J connectivity index is 1.98. The minimum absolute atomic E-state index is 0.191. The average Bonchev–Trinajstić information content (AvgIpc) is 2.38. The van der Waals surface area contributed by atoms with Crippen LogP contribution in [0.2, 0.25) is 0 Å². The molecule has 1 saturated heterocycles. The van der Waals surface area contributed by atoms with Gasteiger partial charge < -0.3 is 10.6 Å². The van der Waals surface area contributed by atoms with Crippen LogP contribution in [0.3, 0.4) is 0 Å². The van der Waals surface area contributed by atoms with Crippen molar-refractivity contribution in [2.24, 2.45) is 11.7 Å². The monoisotopic (exact) mass is 279 g/mol. The summed E-state index contributed by atoms with van der Waals surface area (Å²) in [6.45, 7) is 4.27. The number of alkyl halides is 3. The molecular formula is C13H24F3N3. The molecule has 0 unspecified atom stereocenters. The number of rotatable bonds is 2. The third-order valence-corrected chi connectivity index (χ3v) is 4.93. The van der Waals surface area contributed by atoms with Crippen molar-refractivity contribution in [1.82, 2.24) is 9.80 Å². The summed E-state index contributed by atoms with van der Waals surface area (Å²) < 4.78 is 38.2. The zero-order chi connectivity index (χ0) is 14.1. The third kappa shape index (κ3) is 3.23. The lowest BCUT2D eigenvalue weighted by Crippen LogP contribution is -2.61. The van der Waals surface area contributed by atoms with E-state index in [1.165, 1.54) is 0 Å². The molecule has 2 aliphatic rings. The maximum Gasteiger partial charge on any atom is 0.391 e. The highest BCUT2D eigenvalue weighted by Gasteiger charge is 2.47. The van der Waals surface area contributed by atoms with E-state index in [-0.39, 0.29) is 18.4 Å². The Bertz CT molecular complexity index is 290. The fourth-order valence-electron chi connectivity index (χ4n) is 3.41. The van der Waals surface area contributed by atoms with Gasteiger partial charge in [-0.15, -0.1) is 0 Å². The molecule has 112 valence electrons. The predicted molar refractivity (Wildman–Crippen MR) is 68.9 cm³/mol. The molecule has 0 aromatic heterocycles. The summed E-state index contributed by atoms with van der Waals surface area (Å²) in [6, 6.07) is 0. The second-order valence-electron chi connectivity index (χ2n) is 6.03. The number of nitrogens with zero attached hydrogens (tertiary/aromatic N) is 2. The summed E-state index contributed by atoms with van der Waals surface area (Å²) in [5.41, 5.74) is 5.73. The molecule has 1 saturated carbocycles. The number of hydrogen-bond acceptors (Lipinski definition) is 3. The molecule has 1 aliphatic heterocycles. The number of nitrogens with two attached hydrogens (primary N) is 1. The molecule has 2 fully saturated rings. The second kappa shape index (κ2) is 5.58. The topological polar surface area (TPSA) is 32.5 Å². The van der Waals surface area contributed by atoms with E-state index in [2.05, 4.69) is 16.8 Å². The Morgan fingerprint density at radius 2 is 1.63 bits per heavy atom. The number of piperazine rings is 1. The summed E-state index contributed by atoms with van der Waals surface area (Å²) in [7, 11) is 2.08. The number of hydrogen-bond donors (Lipinski definition) is 1. The molecule has 0 aromatic rings. The average molecular weight is 279 g/mol. The van der Waals surface area contributed by atoms with Crippen molar-refractivity contribution in [2.45, 2.75) is 37.4 Å². The van der Waals surface area contributed by atoms with Gasteiger partial charge in [0.1, 0.15) is 0 Å². The first-order chi connectivity index (χ1) is 8.87. The van der Waals surface area contributed by atoms with Crippen molar-refractivity contribution in [3.63, 3.8) is 0 Å². The standard InChI is InChI=1S/C13H24F3N3/c1-18-6-8-19(9-7-18)12(10-17)4-2-11(3-5-12)13(14,15)16/h11H,2-10,17H2,1H3. The largest absolute Gasteiger partial charge is 0.391 e. The highest BCUT2D eigenvalue weighted by Crippen LogP contribution is 2.43. The lowest BCUT2D eigenvalue weighted by molar-refractivity contribution is -0.189. The minimum Gasteiger partial charge on any atom is -0.329 e. The Labute approximate surface area is 112 Å². The van der Waals surface area contributed by atoms with E-state index in [4.69, 9.17) is 5.73 Å². The molecule has 0 aromatic carbocycles. The van der Waals surface area contributed by atoms with Crippen LogP contribution in [0.25, 0.3) is 0 Å². The summed E-state index contributed by atoms with van der Waals surface area (Å²) in [5, 5.41) is 0. The van der Waals surface area contributed by atoms with Gasteiger partial charge in [0.05, 0.1) is 5.92 Å². The highest BCUT2D eigenvalue weighted by molar-refractivity contribution is 4.98. The summed E-state index contributed by atoms with van der Waals surface area (Å²) in [4.78, 5) is 4.58. The van der Waals surface area contributed by atoms with Crippen LogP contribution in [0.4, 0.5) is 13.2 Å². The van der Waals surface area contributed by atoms with Gasteiger partial charge in [-0.3, -0.25) is 4.90 Å². The molecule has 2 rings (SSSR count). The molecule has 1 aliphatic carbocycles. The van der Waals surface area contributed by atoms with E-state index in [0.29, 0.717) is 19.4 Å². The van der Waals surface area contributed by atoms with E-state index < -0.39 is 12.1 Å². The van der Waals surface area contributed by atoms with Crippen molar-refractivity contribution >= 4 is 0 Å². The normalized spacial score (nSPS) is 35.5. The van der Waals surface area contributed by atoms with Gasteiger partial charge in [-0.25, -0.2) is 0 Å². The lowest BCUT2D eigenvalue weighted by atomic mass is 9.75. The van der Waals surface area contributed by atoms with Gasteiger partial charge in [0.2, 0.25) is 0 Å². The Kier molecular flexibility index (Phi) is 4.42. The lowest BCUT2D eigenvalue weighted by Gasteiger charge is -2.50. The molecule has 1 heterocycles. The van der Waals surface area contributed by atoms with Gasteiger partial charge in [0, 0.05) is 38.3 Å². The predicted octanol–water partition coefficient (Wildman–Crippen LogP) is 1.68. The Hall–Kier alpha value is -0.330. The molecule has 2 N–H and O–H groups in total. The van der Waals surface area contributed by atoms with Crippen LogP contribution < -0.4 is 5.73 Å². The van der Waals surface area contributed by atoms with Gasteiger partial charge in [0.15, 0.2) is 0 Å². The van der Waals surface area contributed by atoms with E-state index >= 15 is 0 Å². The van der Waals surface area contributed by atoms with Gasteiger partial charge in [-0.2, -0.15) is 13.2 Å². The first-order valence-electron chi connectivity index (χ1n) is 7.08. The number of halogens is 3. The first-order valence-corrected chi connectivity index (χ1v) is 7.08. The Morgan fingerprint density at radius 1 is 1.11 bits per heavy atom. The zero-order valence-corrected chi connectivity index (χ0v) is 11.5. The Morgan fingerprint density at radius 3 is 2.05 bits per heavy atom. The van der Waals surface area contributed by atoms with Crippen LogP contribution >= 0.6 is 0 Å². The quantitative estimate of drug-likeness (QED) is 0.835. The fraction of sp³-hybridized carbons (Fsp3) is 1.00. The maximum absolute atomic E-state index is 12.7. The summed E-state index contributed by atoms with van der Waals surface area (Å²) in [6.07, 6.45) is -2.42. The first kappa shape index (κ1) is 15.1. The van der Waals surface area contributed by atoms with E-state index in [9.17, 15) is 13.2 Å². The minimum atomic E-state index is -4.04. The molecule has 0 bridgehead atoms. The molecule has 0 radical (unpaired) electrons. The van der Waals surface area contributed by atoms with Crippen molar-refractivity contribution < 1.29 is 13.2 Å². The van der Waals surface area contributed by atoms with E-state index in [1.54, 1.807) is 0 Å². The fourth-order valence-corrected chi connectivity index (χ4v) is 3.41. The molecule has 19 heavy (non-hydrogen) atoms. The molecule has 6 heteroatoms. The SMILES string of the molecule is CN1CCN(C2(CN)CCC(C(F)(F)F)CC2)CC1. The summed E-state index contributed by atoms with van der Waals surface area (Å²) >= 11 is 0. The second-order valence-corrected chi connectivity index (χ2v) is 6.03. The van der Waals surface area contributed by atoms with Crippen molar-refractivity contribution in [3.05, 3.63) is 0 Å². The highest BCUT2D eigenvalue weighted by atomic mass is 19.4. The van der Waals surface area contributed by atoms with Gasteiger partial charge in [-0.1, -0.05) is 0 Å².